The van der Waals surface area contributed by atoms with E-state index in [2.05, 4.69) is 48.6 Å². The van der Waals surface area contributed by atoms with E-state index in [9.17, 15) is 12.7 Å². The van der Waals surface area contributed by atoms with Crippen LogP contribution in [0.4, 0.5) is 0 Å². The third-order valence-corrected chi connectivity index (χ3v) is 8.20. The van der Waals surface area contributed by atoms with E-state index in [0.29, 0.717) is 0 Å². The Bertz CT molecular complexity index is 286. The number of thiol groups is 2. The van der Waals surface area contributed by atoms with Gasteiger partial charge in [-0.3, -0.25) is 9.59 Å². The molecule has 0 aliphatic rings. The molecular weight excluding hydrogens is 431 g/mol. The van der Waals surface area contributed by atoms with E-state index in [4.69, 9.17) is 0 Å². The molecule has 0 unspecified atom stereocenters. The van der Waals surface area contributed by atoms with Gasteiger partial charge in [-0.2, -0.15) is 25.3 Å². The summed E-state index contributed by atoms with van der Waals surface area (Å²) in [6.45, 7) is 4.46. The van der Waals surface area contributed by atoms with Crippen molar-refractivity contribution in [3.63, 3.8) is 0 Å². The first kappa shape index (κ1) is 24.5. The first-order valence-electron chi connectivity index (χ1n) is 7.56. The Kier molecular flexibility index (Phi) is 21.5. The number of carbonyl (C=O) groups is 2. The monoisotopic (exact) mass is 460 g/mol. The molecule has 0 N–H and O–H groups in total. The molecule has 0 aliphatic heterocycles. The van der Waals surface area contributed by atoms with Gasteiger partial charge in [0.05, 0.1) is 11.5 Å². The number of unbranched alkanes of at least 4 members (excludes halogenated alkanes) is 2. The first-order chi connectivity index (χ1) is 10.5. The van der Waals surface area contributed by atoms with Crippen LogP contribution in [0.5, 0.6) is 0 Å². The molecule has 0 bridgehead atoms. The molecule has 130 valence electrons. The molecule has 0 radical (unpaired) electrons. The van der Waals surface area contributed by atoms with Gasteiger partial charge in [0.1, 0.15) is 13.2 Å². The summed E-state index contributed by atoms with van der Waals surface area (Å²) < 4.78 is 22.5. The Hall–Kier alpha value is 0.239. The molecule has 0 aliphatic carbocycles. The minimum absolute atomic E-state index is 0.0283. The van der Waals surface area contributed by atoms with Crippen molar-refractivity contribution in [3.05, 3.63) is 0 Å². The SMILES string of the molecule is CCC[CH2][Sn](=[O])[CH2]CCC.O=C(CS)OCCOC(=O)CS. The van der Waals surface area contributed by atoms with E-state index in [1.807, 2.05) is 0 Å². The molecule has 0 aromatic heterocycles. The van der Waals surface area contributed by atoms with E-state index in [-0.39, 0.29) is 24.7 Å². The maximum atomic E-state index is 11.2. The summed E-state index contributed by atoms with van der Waals surface area (Å²) >= 11 is 5.37. The predicted molar refractivity (Wildman–Crippen MR) is 95.5 cm³/mol. The molecule has 0 atom stereocenters. The second-order valence-corrected chi connectivity index (χ2v) is 11.1. The van der Waals surface area contributed by atoms with Crippen LogP contribution in [-0.2, 0) is 22.1 Å². The molecule has 0 fully saturated rings. The van der Waals surface area contributed by atoms with E-state index >= 15 is 0 Å². The molecule has 0 saturated heterocycles. The second kappa shape index (κ2) is 19.3. The molecule has 0 rings (SSSR count). The fourth-order valence-electron chi connectivity index (χ4n) is 1.28. The zero-order valence-corrected chi connectivity index (χ0v) is 18.1. The number of carbonyl (C=O) groups excluding carboxylic acids is 2. The Labute approximate surface area is 151 Å². The first-order valence-corrected chi connectivity index (χ1v) is 14.0. The predicted octanol–water partition coefficient (Wildman–Crippen LogP) is 2.94. The quantitative estimate of drug-likeness (QED) is 0.215. The molecule has 5 nitrogen and oxygen atoms in total. The van der Waals surface area contributed by atoms with Gasteiger partial charge in [-0.1, -0.05) is 0 Å². The van der Waals surface area contributed by atoms with E-state index < -0.39 is 31.7 Å². The maximum absolute atomic E-state index is 11.2. The Morgan fingerprint density at radius 3 is 1.50 bits per heavy atom. The summed E-state index contributed by atoms with van der Waals surface area (Å²) in [7, 11) is 0. The number of rotatable bonds is 11. The largest absolute Gasteiger partial charge is 0.461 e. The number of hydrogen-bond acceptors (Lipinski definition) is 7. The van der Waals surface area contributed by atoms with Gasteiger partial charge in [-0.05, 0) is 0 Å². The van der Waals surface area contributed by atoms with Gasteiger partial charge in [-0.25, -0.2) is 0 Å². The van der Waals surface area contributed by atoms with Crippen molar-refractivity contribution in [2.45, 2.75) is 48.4 Å². The van der Waals surface area contributed by atoms with Gasteiger partial charge < -0.3 is 9.47 Å². The second-order valence-electron chi connectivity index (χ2n) is 4.50. The van der Waals surface area contributed by atoms with Crippen LogP contribution >= 0.6 is 25.3 Å². The van der Waals surface area contributed by atoms with Crippen LogP contribution in [0.2, 0.25) is 8.87 Å². The molecule has 22 heavy (non-hydrogen) atoms. The third kappa shape index (κ3) is 20.2. The normalized spacial score (nSPS) is 9.45. The van der Waals surface area contributed by atoms with Gasteiger partial charge in [0, 0.05) is 0 Å². The zero-order valence-electron chi connectivity index (χ0n) is 13.5. The van der Waals surface area contributed by atoms with Gasteiger partial charge >= 0.3 is 83.2 Å². The van der Waals surface area contributed by atoms with Gasteiger partial charge in [0.15, 0.2) is 0 Å². The summed E-state index contributed by atoms with van der Waals surface area (Å²) in [6.07, 6.45) is 4.81. The van der Waals surface area contributed by atoms with Crippen LogP contribution in [0.3, 0.4) is 0 Å². The van der Waals surface area contributed by atoms with Crippen molar-refractivity contribution in [3.8, 4) is 0 Å². The summed E-state index contributed by atoms with van der Waals surface area (Å²) in [4.78, 5) is 20.9. The maximum Gasteiger partial charge on any atom is 0.315 e. The number of hydrogen-bond donors (Lipinski definition) is 2. The molecule has 0 saturated carbocycles. The van der Waals surface area contributed by atoms with Crippen LogP contribution in [0, 0.1) is 0 Å². The molecule has 0 aromatic rings. The summed E-state index contributed by atoms with van der Waals surface area (Å²) in [5, 5.41) is 0. The van der Waals surface area contributed by atoms with Crippen molar-refractivity contribution < 1.29 is 22.1 Å². The fraction of sp³-hybridized carbons (Fsp3) is 0.857. The van der Waals surface area contributed by atoms with Crippen molar-refractivity contribution in [2.75, 3.05) is 24.7 Å². The van der Waals surface area contributed by atoms with E-state index in [1.165, 1.54) is 25.7 Å². The van der Waals surface area contributed by atoms with Crippen molar-refractivity contribution in [1.82, 2.24) is 0 Å². The molecule has 0 aromatic carbocycles. The minimum Gasteiger partial charge on any atom is -0.461 e. The van der Waals surface area contributed by atoms with Crippen molar-refractivity contribution in [2.24, 2.45) is 0 Å². The number of esters is 2. The van der Waals surface area contributed by atoms with Crippen molar-refractivity contribution >= 4 is 56.9 Å². The average molecular weight is 459 g/mol. The van der Waals surface area contributed by atoms with Crippen LogP contribution in [0.1, 0.15) is 39.5 Å². The third-order valence-electron chi connectivity index (χ3n) is 2.49. The fourth-order valence-corrected chi connectivity index (χ4v) is 6.44. The summed E-state index contributed by atoms with van der Waals surface area (Å²) in [6, 6.07) is 0. The minimum atomic E-state index is -1.99. The topological polar surface area (TPSA) is 69.7 Å². The number of ether oxygens (including phenoxy) is 2. The average Bonchev–Trinajstić information content (AvgIpc) is 2.54. The van der Waals surface area contributed by atoms with E-state index in [0.717, 1.165) is 8.87 Å². The molecule has 0 spiro atoms. The van der Waals surface area contributed by atoms with E-state index in [1.54, 1.807) is 0 Å². The Morgan fingerprint density at radius 1 is 0.864 bits per heavy atom. The molecule has 0 amide bonds. The van der Waals surface area contributed by atoms with Crippen LogP contribution in [-0.4, -0.2) is 56.4 Å². The van der Waals surface area contributed by atoms with Crippen LogP contribution in [0.25, 0.3) is 0 Å². The summed E-state index contributed by atoms with van der Waals surface area (Å²) in [5.74, 6) is -0.804. The molecule has 8 heteroatoms. The Balaban J connectivity index is 0. The molecular formula is C14H28O5S2Sn. The van der Waals surface area contributed by atoms with Crippen molar-refractivity contribution in [1.29, 1.82) is 0 Å². The standard InChI is InChI=1S/C6H10O4S2.2C4H9.O.Sn/c7-5(3-11)9-1-2-10-6(8)4-12;2*1-3-4-2;;/h11-12H,1-4H2;2*1,3-4H2,2H3;;. The van der Waals surface area contributed by atoms with Crippen LogP contribution < -0.4 is 0 Å². The van der Waals surface area contributed by atoms with Gasteiger partial charge in [0.25, 0.3) is 0 Å². The summed E-state index contributed by atoms with van der Waals surface area (Å²) in [5.41, 5.74) is 0. The van der Waals surface area contributed by atoms with Gasteiger partial charge in [0.2, 0.25) is 0 Å². The van der Waals surface area contributed by atoms with Crippen LogP contribution in [0.15, 0.2) is 0 Å². The van der Waals surface area contributed by atoms with Gasteiger partial charge in [-0.15, -0.1) is 0 Å². The smallest absolute Gasteiger partial charge is 0.315 e. The molecule has 0 heterocycles. The zero-order chi connectivity index (χ0) is 17.2. The Morgan fingerprint density at radius 2 is 1.23 bits per heavy atom.